The number of carbonyl (C=O) groups is 1. The Hall–Kier alpha value is -1.02. The van der Waals surface area contributed by atoms with Crippen LogP contribution in [0.3, 0.4) is 0 Å². The SMILES string of the molecule is CCOC(=O)c1nnc(S(=O)(=O)CC)s1. The van der Waals surface area contributed by atoms with Crippen LogP contribution in [0, 0.1) is 0 Å². The Morgan fingerprint density at radius 3 is 2.60 bits per heavy atom. The molecule has 15 heavy (non-hydrogen) atoms. The number of sulfone groups is 1. The van der Waals surface area contributed by atoms with Gasteiger partial charge in [0.2, 0.25) is 19.2 Å². The summed E-state index contributed by atoms with van der Waals surface area (Å²) in [6.45, 7) is 3.37. The highest BCUT2D eigenvalue weighted by Gasteiger charge is 2.21. The maximum absolute atomic E-state index is 11.4. The van der Waals surface area contributed by atoms with Crippen molar-refractivity contribution >= 4 is 27.1 Å². The lowest BCUT2D eigenvalue weighted by molar-refractivity contribution is 0.0525. The van der Waals surface area contributed by atoms with Gasteiger partial charge in [0.05, 0.1) is 12.4 Å². The summed E-state index contributed by atoms with van der Waals surface area (Å²) >= 11 is 0.728. The number of rotatable bonds is 4. The Bertz CT molecular complexity index is 451. The third-order valence-electron chi connectivity index (χ3n) is 1.50. The molecule has 0 aliphatic heterocycles. The number of ether oxygens (including phenoxy) is 1. The smallest absolute Gasteiger partial charge is 0.369 e. The van der Waals surface area contributed by atoms with Crippen molar-refractivity contribution in [3.63, 3.8) is 0 Å². The fraction of sp³-hybridized carbons (Fsp3) is 0.571. The zero-order valence-electron chi connectivity index (χ0n) is 8.26. The van der Waals surface area contributed by atoms with Gasteiger partial charge in [-0.1, -0.05) is 18.3 Å². The van der Waals surface area contributed by atoms with E-state index in [9.17, 15) is 13.2 Å². The van der Waals surface area contributed by atoms with Gasteiger partial charge >= 0.3 is 5.97 Å². The van der Waals surface area contributed by atoms with E-state index in [-0.39, 0.29) is 21.7 Å². The molecule has 0 saturated heterocycles. The molecule has 0 unspecified atom stereocenters. The third kappa shape index (κ3) is 2.72. The molecule has 0 saturated carbocycles. The van der Waals surface area contributed by atoms with Crippen LogP contribution in [0.1, 0.15) is 23.6 Å². The minimum Gasteiger partial charge on any atom is -0.461 e. The molecule has 6 nitrogen and oxygen atoms in total. The molecule has 0 fully saturated rings. The second-order valence-electron chi connectivity index (χ2n) is 2.50. The Labute approximate surface area is 91.2 Å². The molecule has 0 amide bonds. The first-order valence-electron chi connectivity index (χ1n) is 4.24. The van der Waals surface area contributed by atoms with Crippen LogP contribution in [0.5, 0.6) is 0 Å². The summed E-state index contributed by atoms with van der Waals surface area (Å²) in [6, 6.07) is 0. The Morgan fingerprint density at radius 1 is 1.40 bits per heavy atom. The fourth-order valence-corrected chi connectivity index (χ4v) is 2.72. The van der Waals surface area contributed by atoms with Gasteiger partial charge in [0.25, 0.3) is 0 Å². The van der Waals surface area contributed by atoms with E-state index in [1.165, 1.54) is 6.92 Å². The molecule has 1 heterocycles. The second kappa shape index (κ2) is 4.67. The molecule has 0 aliphatic carbocycles. The molecule has 0 N–H and O–H groups in total. The quantitative estimate of drug-likeness (QED) is 0.724. The lowest BCUT2D eigenvalue weighted by atomic mass is 10.7. The van der Waals surface area contributed by atoms with Gasteiger partial charge in [0.1, 0.15) is 0 Å². The Kier molecular flexibility index (Phi) is 3.75. The predicted octanol–water partition coefficient (Wildman–Crippen LogP) is 0.508. The Balaban J connectivity index is 2.95. The molecule has 8 heteroatoms. The van der Waals surface area contributed by atoms with Crippen LogP contribution in [0.25, 0.3) is 0 Å². The number of carbonyl (C=O) groups excluding carboxylic acids is 1. The highest BCUT2D eigenvalue weighted by Crippen LogP contribution is 2.17. The van der Waals surface area contributed by atoms with E-state index in [0.717, 1.165) is 11.3 Å². The summed E-state index contributed by atoms with van der Waals surface area (Å²) in [5.41, 5.74) is 0. The monoisotopic (exact) mass is 250 g/mol. The topological polar surface area (TPSA) is 86.2 Å². The summed E-state index contributed by atoms with van der Waals surface area (Å²) < 4.78 is 27.2. The number of nitrogens with zero attached hydrogens (tertiary/aromatic N) is 2. The molecule has 0 atom stereocenters. The van der Waals surface area contributed by atoms with E-state index in [0.29, 0.717) is 0 Å². The first-order valence-corrected chi connectivity index (χ1v) is 6.71. The molecule has 0 aromatic carbocycles. The van der Waals surface area contributed by atoms with Crippen LogP contribution >= 0.6 is 11.3 Å². The maximum Gasteiger partial charge on any atom is 0.369 e. The van der Waals surface area contributed by atoms with Gasteiger partial charge in [-0.05, 0) is 6.92 Å². The normalized spacial score (nSPS) is 11.3. The van der Waals surface area contributed by atoms with Gasteiger partial charge < -0.3 is 4.74 Å². The molecule has 0 bridgehead atoms. The third-order valence-corrected chi connectivity index (χ3v) is 4.59. The van der Waals surface area contributed by atoms with Gasteiger partial charge in [-0.2, -0.15) is 0 Å². The second-order valence-corrected chi connectivity index (χ2v) is 5.93. The van der Waals surface area contributed by atoms with Gasteiger partial charge in [-0.25, -0.2) is 13.2 Å². The number of aromatic nitrogens is 2. The maximum atomic E-state index is 11.4. The average molecular weight is 250 g/mol. The zero-order valence-corrected chi connectivity index (χ0v) is 9.89. The minimum atomic E-state index is -3.39. The Morgan fingerprint density at radius 2 is 2.07 bits per heavy atom. The van der Waals surface area contributed by atoms with Gasteiger partial charge in [-0.15, -0.1) is 10.2 Å². The summed E-state index contributed by atoms with van der Waals surface area (Å²) in [5, 5.41) is 6.87. The zero-order chi connectivity index (χ0) is 11.5. The standard InChI is InChI=1S/C7H10N2O4S2/c1-3-13-6(10)5-8-9-7(14-5)15(11,12)4-2/h3-4H2,1-2H3. The summed E-state index contributed by atoms with van der Waals surface area (Å²) in [7, 11) is -3.39. The molecule has 84 valence electrons. The number of hydrogen-bond acceptors (Lipinski definition) is 7. The highest BCUT2D eigenvalue weighted by atomic mass is 32.2. The first kappa shape index (κ1) is 12.1. The van der Waals surface area contributed by atoms with Crippen molar-refractivity contribution in [1.29, 1.82) is 0 Å². The van der Waals surface area contributed by atoms with E-state index in [1.54, 1.807) is 6.92 Å². The molecule has 1 aromatic heterocycles. The van der Waals surface area contributed by atoms with Crippen molar-refractivity contribution in [3.05, 3.63) is 5.01 Å². The van der Waals surface area contributed by atoms with Crippen molar-refractivity contribution in [1.82, 2.24) is 10.2 Å². The molecular formula is C7H10N2O4S2. The van der Waals surface area contributed by atoms with Crippen LogP contribution in [0.4, 0.5) is 0 Å². The highest BCUT2D eigenvalue weighted by molar-refractivity contribution is 7.93. The van der Waals surface area contributed by atoms with E-state index in [2.05, 4.69) is 14.9 Å². The van der Waals surface area contributed by atoms with Crippen LogP contribution < -0.4 is 0 Å². The van der Waals surface area contributed by atoms with Crippen LogP contribution in [-0.4, -0.2) is 36.9 Å². The summed E-state index contributed by atoms with van der Waals surface area (Å²) in [4.78, 5) is 11.2. The molecule has 1 rings (SSSR count). The molecule has 0 aliphatic rings. The molecule has 0 spiro atoms. The fourth-order valence-electron chi connectivity index (χ4n) is 0.734. The van der Waals surface area contributed by atoms with Crippen LogP contribution in [-0.2, 0) is 14.6 Å². The van der Waals surface area contributed by atoms with Crippen molar-refractivity contribution in [2.24, 2.45) is 0 Å². The molecular weight excluding hydrogens is 240 g/mol. The lowest BCUT2D eigenvalue weighted by Crippen LogP contribution is -2.03. The van der Waals surface area contributed by atoms with Crippen molar-refractivity contribution in [2.45, 2.75) is 18.2 Å². The van der Waals surface area contributed by atoms with Crippen LogP contribution in [0.2, 0.25) is 0 Å². The van der Waals surface area contributed by atoms with Crippen LogP contribution in [0.15, 0.2) is 4.34 Å². The molecule has 1 aromatic rings. The van der Waals surface area contributed by atoms with Gasteiger partial charge in [-0.3, -0.25) is 0 Å². The minimum absolute atomic E-state index is 0.0381. The number of esters is 1. The van der Waals surface area contributed by atoms with Gasteiger partial charge in [0, 0.05) is 0 Å². The first-order chi connectivity index (χ1) is 7.01. The lowest BCUT2D eigenvalue weighted by Gasteiger charge is -1.94. The van der Waals surface area contributed by atoms with Crippen molar-refractivity contribution < 1.29 is 17.9 Å². The van der Waals surface area contributed by atoms with E-state index < -0.39 is 15.8 Å². The average Bonchev–Trinajstić information content (AvgIpc) is 2.67. The predicted molar refractivity (Wildman–Crippen MR) is 53.6 cm³/mol. The summed E-state index contributed by atoms with van der Waals surface area (Å²) in [5.74, 6) is -0.711. The number of hydrogen-bond donors (Lipinski definition) is 0. The van der Waals surface area contributed by atoms with Gasteiger partial charge in [0.15, 0.2) is 0 Å². The van der Waals surface area contributed by atoms with E-state index in [4.69, 9.17) is 0 Å². The van der Waals surface area contributed by atoms with E-state index in [1.807, 2.05) is 0 Å². The van der Waals surface area contributed by atoms with Crippen molar-refractivity contribution in [3.8, 4) is 0 Å². The molecule has 0 radical (unpaired) electrons. The van der Waals surface area contributed by atoms with E-state index >= 15 is 0 Å². The largest absolute Gasteiger partial charge is 0.461 e. The van der Waals surface area contributed by atoms with Crippen molar-refractivity contribution in [2.75, 3.05) is 12.4 Å². The summed E-state index contributed by atoms with van der Waals surface area (Å²) in [6.07, 6.45) is 0.